The third kappa shape index (κ3) is 4.13. The molecular formula is C17H26Cl2N2. The van der Waals surface area contributed by atoms with E-state index >= 15 is 0 Å². The predicted octanol–water partition coefficient (Wildman–Crippen LogP) is 4.74. The molecule has 1 saturated heterocycles. The molecule has 0 radical (unpaired) electrons. The van der Waals surface area contributed by atoms with E-state index in [9.17, 15) is 0 Å². The second kappa shape index (κ2) is 7.32. The summed E-state index contributed by atoms with van der Waals surface area (Å²) in [6, 6.07) is 6.32. The Labute approximate surface area is 138 Å². The Bertz CT molecular complexity index is 478. The van der Waals surface area contributed by atoms with E-state index in [4.69, 9.17) is 23.2 Å². The van der Waals surface area contributed by atoms with Gasteiger partial charge >= 0.3 is 0 Å². The average Bonchev–Trinajstić information content (AvgIpc) is 2.47. The molecule has 1 aliphatic rings. The Kier molecular flexibility index (Phi) is 5.96. The number of rotatable bonds is 5. The zero-order valence-corrected chi connectivity index (χ0v) is 14.8. The summed E-state index contributed by atoms with van der Waals surface area (Å²) >= 11 is 12.5. The molecule has 1 N–H and O–H groups in total. The van der Waals surface area contributed by atoms with E-state index in [1.54, 1.807) is 0 Å². The Hall–Kier alpha value is -0.280. The van der Waals surface area contributed by atoms with Crippen LogP contribution in [0.1, 0.15) is 45.6 Å². The number of nitrogens with zero attached hydrogens (tertiary/aromatic N) is 1. The van der Waals surface area contributed by atoms with Gasteiger partial charge in [0.15, 0.2) is 0 Å². The van der Waals surface area contributed by atoms with Gasteiger partial charge in [-0.1, -0.05) is 43.5 Å². The minimum Gasteiger partial charge on any atom is -0.311 e. The van der Waals surface area contributed by atoms with E-state index in [-0.39, 0.29) is 5.54 Å². The number of nitrogens with one attached hydrogen (secondary N) is 1. The molecule has 0 amide bonds. The fourth-order valence-electron chi connectivity index (χ4n) is 3.04. The van der Waals surface area contributed by atoms with Crippen molar-refractivity contribution in [3.63, 3.8) is 0 Å². The minimum absolute atomic E-state index is 0.176. The summed E-state index contributed by atoms with van der Waals surface area (Å²) < 4.78 is 0. The SMILES string of the molecule is CCCC1CN(Cc2cc(Cl)ccc2Cl)C(C)(CC)CN1. The van der Waals surface area contributed by atoms with Crippen molar-refractivity contribution in [1.29, 1.82) is 0 Å². The van der Waals surface area contributed by atoms with Crippen molar-refractivity contribution in [3.8, 4) is 0 Å². The van der Waals surface area contributed by atoms with Crippen molar-refractivity contribution < 1.29 is 0 Å². The molecule has 0 spiro atoms. The van der Waals surface area contributed by atoms with Crippen LogP contribution >= 0.6 is 23.2 Å². The molecule has 2 nitrogen and oxygen atoms in total. The van der Waals surface area contributed by atoms with Crippen molar-refractivity contribution in [2.75, 3.05) is 13.1 Å². The molecule has 1 aromatic carbocycles. The molecule has 2 rings (SSSR count). The van der Waals surface area contributed by atoms with Gasteiger partial charge in [0.25, 0.3) is 0 Å². The van der Waals surface area contributed by atoms with Crippen LogP contribution in [0.3, 0.4) is 0 Å². The lowest BCUT2D eigenvalue weighted by atomic mass is 9.90. The third-order valence-corrected chi connectivity index (χ3v) is 5.35. The summed E-state index contributed by atoms with van der Waals surface area (Å²) in [5.74, 6) is 0. The highest BCUT2D eigenvalue weighted by Crippen LogP contribution is 2.29. The van der Waals surface area contributed by atoms with E-state index in [1.807, 2.05) is 18.2 Å². The zero-order valence-electron chi connectivity index (χ0n) is 13.3. The van der Waals surface area contributed by atoms with E-state index < -0.39 is 0 Å². The number of benzene rings is 1. The first kappa shape index (κ1) is 17.1. The lowest BCUT2D eigenvalue weighted by Crippen LogP contribution is -2.62. The minimum atomic E-state index is 0.176. The molecule has 2 atom stereocenters. The van der Waals surface area contributed by atoms with Gasteiger partial charge in [0.05, 0.1) is 0 Å². The normalized spacial score (nSPS) is 27.0. The molecule has 1 aliphatic heterocycles. The molecule has 2 unspecified atom stereocenters. The molecule has 1 aromatic rings. The summed E-state index contributed by atoms with van der Waals surface area (Å²) in [6.45, 7) is 9.81. The maximum Gasteiger partial charge on any atom is 0.0452 e. The summed E-state index contributed by atoms with van der Waals surface area (Å²) in [6.07, 6.45) is 3.56. The summed E-state index contributed by atoms with van der Waals surface area (Å²) in [7, 11) is 0. The van der Waals surface area contributed by atoms with Crippen LogP contribution in [0.2, 0.25) is 10.0 Å². The van der Waals surface area contributed by atoms with E-state index in [0.717, 1.165) is 41.7 Å². The van der Waals surface area contributed by atoms with Gasteiger partial charge in [0.1, 0.15) is 0 Å². The highest BCUT2D eigenvalue weighted by molar-refractivity contribution is 6.33. The summed E-state index contributed by atoms with van der Waals surface area (Å²) in [5.41, 5.74) is 1.30. The largest absolute Gasteiger partial charge is 0.311 e. The number of hydrogen-bond donors (Lipinski definition) is 1. The van der Waals surface area contributed by atoms with E-state index in [1.165, 1.54) is 12.8 Å². The maximum absolute atomic E-state index is 6.35. The predicted molar refractivity (Wildman–Crippen MR) is 92.3 cm³/mol. The van der Waals surface area contributed by atoms with Crippen molar-refractivity contribution in [1.82, 2.24) is 10.2 Å². The van der Waals surface area contributed by atoms with Crippen molar-refractivity contribution in [2.45, 2.75) is 58.2 Å². The van der Waals surface area contributed by atoms with Crippen LogP contribution in [0, 0.1) is 0 Å². The van der Waals surface area contributed by atoms with Crippen LogP contribution in [-0.4, -0.2) is 29.6 Å². The molecule has 21 heavy (non-hydrogen) atoms. The highest BCUT2D eigenvalue weighted by atomic mass is 35.5. The van der Waals surface area contributed by atoms with E-state index in [2.05, 4.69) is 31.0 Å². The first-order valence-electron chi connectivity index (χ1n) is 7.91. The number of hydrogen-bond acceptors (Lipinski definition) is 2. The van der Waals surface area contributed by atoms with Crippen molar-refractivity contribution in [2.24, 2.45) is 0 Å². The molecule has 1 fully saturated rings. The second-order valence-electron chi connectivity index (χ2n) is 6.33. The lowest BCUT2D eigenvalue weighted by Gasteiger charge is -2.48. The highest BCUT2D eigenvalue weighted by Gasteiger charge is 2.36. The third-order valence-electron chi connectivity index (χ3n) is 4.74. The number of halogens is 2. The number of piperazine rings is 1. The molecule has 4 heteroatoms. The first-order valence-corrected chi connectivity index (χ1v) is 8.66. The Morgan fingerprint density at radius 3 is 2.76 bits per heavy atom. The molecule has 0 aliphatic carbocycles. The fourth-order valence-corrected chi connectivity index (χ4v) is 3.41. The Morgan fingerprint density at radius 2 is 2.10 bits per heavy atom. The average molecular weight is 329 g/mol. The molecule has 0 bridgehead atoms. The Balaban J connectivity index is 2.18. The maximum atomic E-state index is 6.35. The molecule has 0 aromatic heterocycles. The molecule has 118 valence electrons. The van der Waals surface area contributed by atoms with Gasteiger partial charge in [-0.2, -0.15) is 0 Å². The van der Waals surface area contributed by atoms with Crippen LogP contribution in [0.5, 0.6) is 0 Å². The second-order valence-corrected chi connectivity index (χ2v) is 7.18. The monoisotopic (exact) mass is 328 g/mol. The van der Waals surface area contributed by atoms with Gasteiger partial charge < -0.3 is 5.32 Å². The van der Waals surface area contributed by atoms with Gasteiger partial charge in [0.2, 0.25) is 0 Å². The Morgan fingerprint density at radius 1 is 1.33 bits per heavy atom. The quantitative estimate of drug-likeness (QED) is 0.840. The van der Waals surface area contributed by atoms with Gasteiger partial charge in [-0.05, 0) is 43.5 Å². The standard InChI is InChI=1S/C17H26Cl2N2/c1-4-6-15-11-21(17(3,5-2)12-20-15)10-13-9-14(18)7-8-16(13)19/h7-9,15,20H,4-6,10-12H2,1-3H3. The van der Waals surface area contributed by atoms with Gasteiger partial charge in [0, 0.05) is 41.3 Å². The molecule has 0 saturated carbocycles. The van der Waals surface area contributed by atoms with Gasteiger partial charge in [-0.15, -0.1) is 0 Å². The fraction of sp³-hybridized carbons (Fsp3) is 0.647. The van der Waals surface area contributed by atoms with Gasteiger partial charge in [-0.25, -0.2) is 0 Å². The van der Waals surface area contributed by atoms with Crippen LogP contribution in [0.25, 0.3) is 0 Å². The van der Waals surface area contributed by atoms with Crippen LogP contribution < -0.4 is 5.32 Å². The zero-order chi connectivity index (χ0) is 15.5. The van der Waals surface area contributed by atoms with Crippen molar-refractivity contribution >= 4 is 23.2 Å². The molecule has 1 heterocycles. The van der Waals surface area contributed by atoms with Crippen LogP contribution in [0.15, 0.2) is 18.2 Å². The van der Waals surface area contributed by atoms with Gasteiger partial charge in [-0.3, -0.25) is 4.90 Å². The van der Waals surface area contributed by atoms with Crippen molar-refractivity contribution in [3.05, 3.63) is 33.8 Å². The smallest absolute Gasteiger partial charge is 0.0452 e. The first-order chi connectivity index (χ1) is 9.98. The van der Waals surface area contributed by atoms with Crippen LogP contribution in [-0.2, 0) is 6.54 Å². The summed E-state index contributed by atoms with van der Waals surface area (Å²) in [4.78, 5) is 2.57. The topological polar surface area (TPSA) is 15.3 Å². The van der Waals surface area contributed by atoms with Crippen LogP contribution in [0.4, 0.5) is 0 Å². The molecular weight excluding hydrogens is 303 g/mol. The lowest BCUT2D eigenvalue weighted by molar-refractivity contribution is 0.0397. The van der Waals surface area contributed by atoms with E-state index in [0.29, 0.717) is 6.04 Å². The summed E-state index contributed by atoms with van der Waals surface area (Å²) in [5, 5.41) is 5.27.